The van der Waals surface area contributed by atoms with Gasteiger partial charge in [0.25, 0.3) is 0 Å². The molecule has 0 bridgehead atoms. The lowest BCUT2D eigenvalue weighted by atomic mass is 10.0. The van der Waals surface area contributed by atoms with E-state index in [9.17, 15) is 0 Å². The van der Waals surface area contributed by atoms with Crippen LogP contribution in [0.15, 0.2) is 16.6 Å². The molecule has 2 nitrogen and oxygen atoms in total. The largest absolute Gasteiger partial charge is 0.488 e. The van der Waals surface area contributed by atoms with Gasteiger partial charge >= 0.3 is 0 Å². The number of benzene rings is 1. The van der Waals surface area contributed by atoms with Crippen LogP contribution in [0.1, 0.15) is 36.9 Å². The number of fused-ring (bicyclic) bond motifs is 1. The van der Waals surface area contributed by atoms with Gasteiger partial charge in [0.2, 0.25) is 0 Å². The van der Waals surface area contributed by atoms with Gasteiger partial charge in [0.15, 0.2) is 0 Å². The Morgan fingerprint density at radius 2 is 2.20 bits per heavy atom. The van der Waals surface area contributed by atoms with Crippen LogP contribution in [-0.2, 0) is 0 Å². The fourth-order valence-corrected chi connectivity index (χ4v) is 2.70. The molecule has 2 N–H and O–H groups in total. The zero-order chi connectivity index (χ0) is 11.0. The van der Waals surface area contributed by atoms with Gasteiger partial charge in [-0.15, -0.1) is 0 Å². The van der Waals surface area contributed by atoms with E-state index in [1.807, 2.05) is 0 Å². The van der Waals surface area contributed by atoms with Gasteiger partial charge in [0.05, 0.1) is 6.04 Å². The second-order valence-electron chi connectivity index (χ2n) is 4.11. The molecule has 2 atom stereocenters. The van der Waals surface area contributed by atoms with Crippen LogP contribution in [-0.4, -0.2) is 6.10 Å². The Hall–Kier alpha value is -0.540. The third-order valence-electron chi connectivity index (χ3n) is 2.87. The van der Waals surface area contributed by atoms with Crippen molar-refractivity contribution in [2.24, 2.45) is 5.73 Å². The van der Waals surface area contributed by atoms with Gasteiger partial charge in [0.1, 0.15) is 11.9 Å². The molecule has 0 aliphatic carbocycles. The molecular weight excluding hydrogens is 254 g/mol. The highest BCUT2D eigenvalue weighted by atomic mass is 79.9. The van der Waals surface area contributed by atoms with Crippen molar-refractivity contribution in [1.82, 2.24) is 0 Å². The maximum absolute atomic E-state index is 6.17. The average molecular weight is 270 g/mol. The van der Waals surface area contributed by atoms with Gasteiger partial charge < -0.3 is 10.5 Å². The summed E-state index contributed by atoms with van der Waals surface area (Å²) in [6, 6.07) is 4.17. The number of aryl methyl sites for hydroxylation is 1. The normalized spacial score (nSPS) is 23.7. The zero-order valence-electron chi connectivity index (χ0n) is 9.09. The molecule has 0 fully saturated rings. The number of ether oxygens (including phenoxy) is 1. The van der Waals surface area contributed by atoms with E-state index in [1.165, 1.54) is 0 Å². The number of hydrogen-bond donors (Lipinski definition) is 1. The van der Waals surface area contributed by atoms with E-state index in [0.717, 1.165) is 34.2 Å². The number of rotatable bonds is 2. The molecule has 0 saturated carbocycles. The van der Waals surface area contributed by atoms with E-state index in [4.69, 9.17) is 10.5 Å². The molecule has 2 unspecified atom stereocenters. The van der Waals surface area contributed by atoms with Gasteiger partial charge in [-0.05, 0) is 31.0 Å². The summed E-state index contributed by atoms with van der Waals surface area (Å²) in [5.41, 5.74) is 8.47. The van der Waals surface area contributed by atoms with Crippen molar-refractivity contribution >= 4 is 15.9 Å². The Kier molecular flexibility index (Phi) is 3.03. The van der Waals surface area contributed by atoms with E-state index < -0.39 is 0 Å². The van der Waals surface area contributed by atoms with Gasteiger partial charge in [-0.1, -0.05) is 29.3 Å². The monoisotopic (exact) mass is 269 g/mol. The lowest BCUT2D eigenvalue weighted by Gasteiger charge is -2.13. The first kappa shape index (κ1) is 11.0. The second-order valence-corrected chi connectivity index (χ2v) is 5.03. The van der Waals surface area contributed by atoms with Crippen molar-refractivity contribution in [1.29, 1.82) is 0 Å². The topological polar surface area (TPSA) is 35.2 Å². The Balaban J connectivity index is 2.36. The summed E-state index contributed by atoms with van der Waals surface area (Å²) >= 11 is 3.49. The predicted molar refractivity (Wildman–Crippen MR) is 65.1 cm³/mol. The fraction of sp³-hybridized carbons (Fsp3) is 0.500. The number of nitrogens with two attached hydrogens (primary N) is 1. The summed E-state index contributed by atoms with van der Waals surface area (Å²) in [5, 5.41) is 0. The molecule has 3 heteroatoms. The number of hydrogen-bond acceptors (Lipinski definition) is 2. The van der Waals surface area contributed by atoms with Crippen molar-refractivity contribution in [3.8, 4) is 5.75 Å². The molecule has 0 amide bonds. The van der Waals surface area contributed by atoms with Crippen LogP contribution in [0.3, 0.4) is 0 Å². The quantitative estimate of drug-likeness (QED) is 0.894. The van der Waals surface area contributed by atoms with Crippen molar-refractivity contribution < 1.29 is 4.74 Å². The van der Waals surface area contributed by atoms with Crippen LogP contribution in [0.25, 0.3) is 0 Å². The highest BCUT2D eigenvalue weighted by Gasteiger charge is 2.32. The van der Waals surface area contributed by atoms with Crippen molar-refractivity contribution in [3.63, 3.8) is 0 Å². The highest BCUT2D eigenvalue weighted by Crippen LogP contribution is 2.40. The minimum atomic E-state index is 0.0242. The van der Waals surface area contributed by atoms with Gasteiger partial charge in [-0.2, -0.15) is 0 Å². The van der Waals surface area contributed by atoms with Crippen LogP contribution in [0, 0.1) is 6.92 Å². The van der Waals surface area contributed by atoms with Crippen LogP contribution in [0.5, 0.6) is 5.75 Å². The summed E-state index contributed by atoms with van der Waals surface area (Å²) < 4.78 is 6.98. The van der Waals surface area contributed by atoms with Gasteiger partial charge in [-0.25, -0.2) is 0 Å². The predicted octanol–water partition coefficient (Wildman–Crippen LogP) is 3.32. The molecule has 1 aromatic carbocycles. The molecule has 1 aromatic rings. The summed E-state index contributed by atoms with van der Waals surface area (Å²) in [6.45, 7) is 4.21. The third-order valence-corrected chi connectivity index (χ3v) is 3.33. The van der Waals surface area contributed by atoms with Crippen LogP contribution < -0.4 is 10.5 Å². The van der Waals surface area contributed by atoms with E-state index in [2.05, 4.69) is 41.9 Å². The molecule has 0 spiro atoms. The summed E-state index contributed by atoms with van der Waals surface area (Å²) in [5.74, 6) is 0.990. The number of halogens is 1. The van der Waals surface area contributed by atoms with Crippen molar-refractivity contribution in [3.05, 3.63) is 27.7 Å². The summed E-state index contributed by atoms with van der Waals surface area (Å²) in [7, 11) is 0. The molecule has 0 saturated heterocycles. The molecule has 0 aromatic heterocycles. The smallest absolute Gasteiger partial charge is 0.127 e. The van der Waals surface area contributed by atoms with Crippen molar-refractivity contribution in [2.75, 3.05) is 0 Å². The minimum Gasteiger partial charge on any atom is -0.488 e. The Morgan fingerprint density at radius 1 is 1.47 bits per heavy atom. The standard InChI is InChI=1S/C12H16BrNO/c1-3-4-10-11(14)9-6-8(13)5-7(2)12(9)15-10/h5-6,10-11H,3-4,14H2,1-2H3. The molecule has 2 rings (SSSR count). The van der Waals surface area contributed by atoms with E-state index in [-0.39, 0.29) is 12.1 Å². The summed E-state index contributed by atoms with van der Waals surface area (Å²) in [4.78, 5) is 0. The van der Waals surface area contributed by atoms with Crippen molar-refractivity contribution in [2.45, 2.75) is 38.8 Å². The molecule has 1 aliphatic rings. The average Bonchev–Trinajstić information content (AvgIpc) is 2.47. The van der Waals surface area contributed by atoms with Gasteiger partial charge in [0, 0.05) is 10.0 Å². The highest BCUT2D eigenvalue weighted by molar-refractivity contribution is 9.10. The second kappa shape index (κ2) is 4.14. The lowest BCUT2D eigenvalue weighted by Crippen LogP contribution is -2.24. The Labute approximate surface area is 98.9 Å². The van der Waals surface area contributed by atoms with Crippen LogP contribution in [0.4, 0.5) is 0 Å². The zero-order valence-corrected chi connectivity index (χ0v) is 10.7. The first-order valence-electron chi connectivity index (χ1n) is 5.35. The van der Waals surface area contributed by atoms with E-state index in [1.54, 1.807) is 0 Å². The van der Waals surface area contributed by atoms with Crippen LogP contribution in [0.2, 0.25) is 0 Å². The molecular formula is C12H16BrNO. The molecule has 1 aliphatic heterocycles. The minimum absolute atomic E-state index is 0.0242. The Morgan fingerprint density at radius 3 is 2.87 bits per heavy atom. The van der Waals surface area contributed by atoms with Gasteiger partial charge in [-0.3, -0.25) is 0 Å². The first-order chi connectivity index (χ1) is 7.13. The summed E-state index contributed by atoms with van der Waals surface area (Å²) in [6.07, 6.45) is 2.28. The maximum atomic E-state index is 6.17. The maximum Gasteiger partial charge on any atom is 0.127 e. The van der Waals surface area contributed by atoms with Crippen LogP contribution >= 0.6 is 15.9 Å². The molecule has 1 heterocycles. The molecule has 0 radical (unpaired) electrons. The SMILES string of the molecule is CCCC1Oc2c(C)cc(Br)cc2C1N. The fourth-order valence-electron chi connectivity index (χ4n) is 2.11. The first-order valence-corrected chi connectivity index (χ1v) is 6.15. The lowest BCUT2D eigenvalue weighted by molar-refractivity contribution is 0.194. The molecule has 15 heavy (non-hydrogen) atoms. The third kappa shape index (κ3) is 1.91. The molecule has 82 valence electrons. The van der Waals surface area contributed by atoms with E-state index >= 15 is 0 Å². The van der Waals surface area contributed by atoms with E-state index in [0.29, 0.717) is 0 Å². The Bertz CT molecular complexity index is 378.